The monoisotopic (exact) mass is 467 g/mol. The number of thioether (sulfide) groups is 1. The van der Waals surface area contributed by atoms with Crippen molar-refractivity contribution in [1.29, 1.82) is 0 Å². The molecule has 168 valence electrons. The molecule has 2 aromatic carbocycles. The number of aliphatic carboxylic acids is 1. The average Bonchev–Trinajstić information content (AvgIpc) is 3.51. The molecule has 10 nitrogen and oxygen atoms in total. The number of carbonyl (C=O) groups is 1. The number of aromatic amines is 1. The number of benzene rings is 2. The quantitative estimate of drug-likeness (QED) is 0.256. The van der Waals surface area contributed by atoms with Crippen molar-refractivity contribution >= 4 is 23.4 Å². The van der Waals surface area contributed by atoms with Crippen molar-refractivity contribution in [1.82, 2.24) is 15.2 Å². The van der Waals surface area contributed by atoms with Gasteiger partial charge in [-0.1, -0.05) is 36.0 Å². The van der Waals surface area contributed by atoms with Crippen LogP contribution >= 0.6 is 11.8 Å². The minimum absolute atomic E-state index is 0.126. The van der Waals surface area contributed by atoms with Crippen LogP contribution in [0.1, 0.15) is 5.56 Å². The van der Waals surface area contributed by atoms with Crippen LogP contribution in [0.25, 0.3) is 22.9 Å². The molecule has 4 rings (SSSR count). The normalized spacial score (nSPS) is 10.7. The molecule has 0 atom stereocenters. The van der Waals surface area contributed by atoms with E-state index in [1.54, 1.807) is 30.3 Å². The summed E-state index contributed by atoms with van der Waals surface area (Å²) in [5, 5.41) is 15.8. The van der Waals surface area contributed by atoms with Gasteiger partial charge in [-0.25, -0.2) is 4.84 Å². The third-order valence-electron chi connectivity index (χ3n) is 4.44. The molecule has 4 aromatic rings. The summed E-state index contributed by atoms with van der Waals surface area (Å²) >= 11 is 1.02. The van der Waals surface area contributed by atoms with Crippen LogP contribution in [-0.4, -0.2) is 44.0 Å². The zero-order valence-corrected chi connectivity index (χ0v) is 18.2. The SMILES string of the molecule is CO[N+](=O)c1cccc(COc2cccc(-c3ccc(-c4nc(SCC(=O)O)n[nH]4)o3)c2)c1. The second kappa shape index (κ2) is 10.0. The van der Waals surface area contributed by atoms with Gasteiger partial charge in [0.25, 0.3) is 4.92 Å². The van der Waals surface area contributed by atoms with Crippen LogP contribution < -0.4 is 4.74 Å². The van der Waals surface area contributed by atoms with Crippen molar-refractivity contribution in [2.45, 2.75) is 11.8 Å². The average molecular weight is 467 g/mol. The fourth-order valence-electron chi connectivity index (χ4n) is 2.94. The maximum absolute atomic E-state index is 11.6. The molecule has 0 radical (unpaired) electrons. The Balaban J connectivity index is 1.44. The summed E-state index contributed by atoms with van der Waals surface area (Å²) < 4.78 is 11.8. The molecule has 0 aliphatic heterocycles. The number of furan rings is 1. The number of nitrogens with one attached hydrogen (secondary N) is 1. The van der Waals surface area contributed by atoms with Gasteiger partial charge in [-0.2, -0.15) is 4.98 Å². The number of H-pyrrole nitrogens is 1. The first-order valence-electron chi connectivity index (χ1n) is 9.72. The molecule has 0 saturated carbocycles. The first kappa shape index (κ1) is 22.1. The van der Waals surface area contributed by atoms with E-state index in [-0.39, 0.29) is 12.4 Å². The van der Waals surface area contributed by atoms with Crippen molar-refractivity contribution in [2.24, 2.45) is 0 Å². The Morgan fingerprint density at radius 2 is 1.97 bits per heavy atom. The molecular weight excluding hydrogens is 448 g/mol. The third-order valence-corrected chi connectivity index (χ3v) is 5.27. The number of carboxylic acid groups (broad SMARTS) is 1. The molecule has 0 spiro atoms. The molecule has 11 heteroatoms. The van der Waals surface area contributed by atoms with Crippen molar-refractivity contribution in [2.75, 3.05) is 12.9 Å². The highest BCUT2D eigenvalue weighted by Gasteiger charge is 2.15. The van der Waals surface area contributed by atoms with E-state index in [1.807, 2.05) is 30.3 Å². The molecule has 0 fully saturated rings. The summed E-state index contributed by atoms with van der Waals surface area (Å²) in [4.78, 5) is 31.6. The van der Waals surface area contributed by atoms with Crippen LogP contribution in [0, 0.1) is 4.91 Å². The van der Waals surface area contributed by atoms with Gasteiger partial charge in [0.1, 0.15) is 18.1 Å². The highest BCUT2D eigenvalue weighted by Crippen LogP contribution is 2.30. The lowest BCUT2D eigenvalue weighted by Crippen LogP contribution is -2.00. The zero-order chi connectivity index (χ0) is 23.2. The molecule has 0 bridgehead atoms. The van der Waals surface area contributed by atoms with E-state index in [2.05, 4.69) is 20.0 Å². The maximum Gasteiger partial charge on any atom is 0.317 e. The van der Waals surface area contributed by atoms with E-state index in [1.165, 1.54) is 7.11 Å². The van der Waals surface area contributed by atoms with E-state index in [9.17, 15) is 9.70 Å². The molecule has 0 unspecified atom stereocenters. The fourth-order valence-corrected chi connectivity index (χ4v) is 3.46. The molecule has 33 heavy (non-hydrogen) atoms. The molecule has 0 amide bonds. The highest BCUT2D eigenvalue weighted by atomic mass is 32.2. The topological polar surface area (TPSA) is 131 Å². The summed E-state index contributed by atoms with van der Waals surface area (Å²) in [6, 6.07) is 17.9. The maximum atomic E-state index is 11.6. The van der Waals surface area contributed by atoms with E-state index >= 15 is 0 Å². The van der Waals surface area contributed by atoms with Gasteiger partial charge in [-0.15, -0.1) is 5.10 Å². The van der Waals surface area contributed by atoms with E-state index in [0.717, 1.165) is 22.9 Å². The van der Waals surface area contributed by atoms with Gasteiger partial charge in [0.2, 0.25) is 5.16 Å². The minimum Gasteiger partial charge on any atom is -0.489 e. The Hall–Kier alpha value is -4.12. The Bertz CT molecular complexity index is 1290. The van der Waals surface area contributed by atoms with Crippen LogP contribution in [-0.2, 0) is 16.2 Å². The summed E-state index contributed by atoms with van der Waals surface area (Å²) in [7, 11) is 1.31. The van der Waals surface area contributed by atoms with Gasteiger partial charge in [-0.05, 0) is 29.8 Å². The fraction of sp³-hybridized carbons (Fsp3) is 0.136. The number of rotatable bonds is 10. The second-order valence-electron chi connectivity index (χ2n) is 6.74. The van der Waals surface area contributed by atoms with Crippen LogP contribution in [0.15, 0.2) is 70.2 Å². The van der Waals surface area contributed by atoms with Crippen LogP contribution in [0.5, 0.6) is 5.75 Å². The summed E-state index contributed by atoms with van der Waals surface area (Å²) in [5.41, 5.74) is 2.00. The minimum atomic E-state index is -0.941. The Kier molecular flexibility index (Phi) is 6.69. The number of aromatic nitrogens is 3. The van der Waals surface area contributed by atoms with E-state index < -0.39 is 5.97 Å². The van der Waals surface area contributed by atoms with Crippen molar-refractivity contribution in [3.63, 3.8) is 0 Å². The molecule has 2 aromatic heterocycles. The van der Waals surface area contributed by atoms with Crippen LogP contribution in [0.3, 0.4) is 0 Å². The molecule has 0 aliphatic rings. The van der Waals surface area contributed by atoms with Gasteiger partial charge in [0, 0.05) is 17.7 Å². The number of ether oxygens (including phenoxy) is 1. The molecule has 2 heterocycles. The Morgan fingerprint density at radius 3 is 2.79 bits per heavy atom. The number of carboxylic acids is 1. The lowest BCUT2D eigenvalue weighted by molar-refractivity contribution is -0.736. The number of nitrogens with zero attached hydrogens (tertiary/aromatic N) is 3. The Labute approximate surface area is 192 Å². The summed E-state index contributed by atoms with van der Waals surface area (Å²) in [6.45, 7) is 0.271. The van der Waals surface area contributed by atoms with Crippen LogP contribution in [0.4, 0.5) is 5.69 Å². The van der Waals surface area contributed by atoms with Gasteiger partial charge in [0.05, 0.1) is 10.7 Å². The van der Waals surface area contributed by atoms with Gasteiger partial charge in [0.15, 0.2) is 18.7 Å². The van der Waals surface area contributed by atoms with Gasteiger partial charge in [-0.3, -0.25) is 9.89 Å². The standard InChI is InChI=1S/C22H18N4O6S/c1-30-26(29)16-6-2-4-14(10-16)12-31-17-7-3-5-15(11-17)18-8-9-19(32-18)21-23-22(25-24-21)33-13-20(27)28/h2-11H,12-13H2,1H3,(H-,23,24,25,27,28)/p+1. The largest absolute Gasteiger partial charge is 0.489 e. The lowest BCUT2D eigenvalue weighted by atomic mass is 10.1. The predicted octanol–water partition coefficient (Wildman–Crippen LogP) is 4.46. The molecular formula is C22H19N4O6S+. The smallest absolute Gasteiger partial charge is 0.317 e. The predicted molar refractivity (Wildman–Crippen MR) is 119 cm³/mol. The molecule has 0 aliphatic carbocycles. The summed E-state index contributed by atoms with van der Waals surface area (Å²) in [6.07, 6.45) is 0. The van der Waals surface area contributed by atoms with Crippen molar-refractivity contribution in [3.8, 4) is 28.7 Å². The van der Waals surface area contributed by atoms with Crippen LogP contribution in [0.2, 0.25) is 0 Å². The zero-order valence-electron chi connectivity index (χ0n) is 17.4. The number of hydrogen-bond donors (Lipinski definition) is 2. The third kappa shape index (κ3) is 5.57. The van der Waals surface area contributed by atoms with Gasteiger partial charge < -0.3 is 14.3 Å². The molecule has 2 N–H and O–H groups in total. The van der Waals surface area contributed by atoms with Crippen molar-refractivity contribution < 1.29 is 28.8 Å². The Morgan fingerprint density at radius 1 is 1.15 bits per heavy atom. The summed E-state index contributed by atoms with van der Waals surface area (Å²) in [5.74, 6) is 1.06. The second-order valence-corrected chi connectivity index (χ2v) is 7.68. The number of hydrogen-bond acceptors (Lipinski definition) is 8. The van der Waals surface area contributed by atoms with E-state index in [4.69, 9.17) is 14.3 Å². The van der Waals surface area contributed by atoms with Gasteiger partial charge >= 0.3 is 11.7 Å². The van der Waals surface area contributed by atoms with Crippen molar-refractivity contribution in [3.05, 3.63) is 71.1 Å². The highest BCUT2D eigenvalue weighted by molar-refractivity contribution is 7.99. The lowest BCUT2D eigenvalue weighted by Gasteiger charge is -2.07. The molecule has 0 saturated heterocycles. The first-order valence-corrected chi connectivity index (χ1v) is 10.7. The van der Waals surface area contributed by atoms with E-state index in [0.29, 0.717) is 38.9 Å². The first-order chi connectivity index (χ1) is 16.0.